The van der Waals surface area contributed by atoms with Gasteiger partial charge in [0.25, 0.3) is 5.91 Å². The lowest BCUT2D eigenvalue weighted by Gasteiger charge is -2.43. The summed E-state index contributed by atoms with van der Waals surface area (Å²) in [7, 11) is 0. The molecule has 0 bridgehead atoms. The van der Waals surface area contributed by atoms with Crippen LogP contribution in [-0.2, 0) is 14.3 Å². The number of carbonyl (C=O) groups excluding carboxylic acids is 3. The molecule has 0 aromatic heterocycles. The Bertz CT molecular complexity index is 1470. The van der Waals surface area contributed by atoms with E-state index in [1.165, 1.54) is 4.90 Å². The number of terminal acetylenes is 1. The second-order valence-electron chi connectivity index (χ2n) is 12.9. The summed E-state index contributed by atoms with van der Waals surface area (Å²) in [6, 6.07) is 18.6. The quantitative estimate of drug-likeness (QED) is 0.284. The van der Waals surface area contributed by atoms with E-state index in [0.29, 0.717) is 23.2 Å². The average Bonchev–Trinajstić information content (AvgIpc) is 2.88. The van der Waals surface area contributed by atoms with E-state index >= 15 is 0 Å². The molecule has 0 aliphatic carbocycles. The number of ether oxygens (including phenoxy) is 1. The summed E-state index contributed by atoms with van der Waals surface area (Å²) >= 11 is 0. The zero-order valence-electron chi connectivity index (χ0n) is 25.9. The van der Waals surface area contributed by atoms with Gasteiger partial charge in [-0.15, -0.1) is 6.42 Å². The first-order valence-corrected chi connectivity index (χ1v) is 14.3. The van der Waals surface area contributed by atoms with Gasteiger partial charge in [-0.3, -0.25) is 9.59 Å². The molecule has 3 aromatic carbocycles. The van der Waals surface area contributed by atoms with Crippen molar-refractivity contribution >= 4 is 34.4 Å². The van der Waals surface area contributed by atoms with Gasteiger partial charge in [0.15, 0.2) is 0 Å². The number of nitrogens with zero attached hydrogens (tertiary/aromatic N) is 1. The summed E-state index contributed by atoms with van der Waals surface area (Å²) in [5.74, 6) is 1.91. The van der Waals surface area contributed by atoms with Crippen molar-refractivity contribution < 1.29 is 19.1 Å². The van der Waals surface area contributed by atoms with Crippen molar-refractivity contribution in [1.82, 2.24) is 10.2 Å². The van der Waals surface area contributed by atoms with Crippen molar-refractivity contribution in [1.29, 1.82) is 0 Å². The van der Waals surface area contributed by atoms with Crippen LogP contribution in [0.25, 0.3) is 10.8 Å². The third-order valence-corrected chi connectivity index (χ3v) is 6.59. The van der Waals surface area contributed by atoms with E-state index in [1.807, 2.05) is 77.1 Å². The topological polar surface area (TPSA) is 87.7 Å². The molecule has 7 heteroatoms. The molecule has 3 aromatic rings. The summed E-state index contributed by atoms with van der Waals surface area (Å²) in [5.41, 5.74) is 0.0251. The van der Waals surface area contributed by atoms with Crippen LogP contribution in [0, 0.1) is 18.3 Å². The summed E-state index contributed by atoms with van der Waals surface area (Å²) in [4.78, 5) is 43.1. The van der Waals surface area contributed by atoms with Crippen LogP contribution in [0.5, 0.6) is 0 Å². The van der Waals surface area contributed by atoms with E-state index in [4.69, 9.17) is 11.2 Å². The Morgan fingerprint density at radius 3 is 2.12 bits per heavy atom. The van der Waals surface area contributed by atoms with Gasteiger partial charge in [0.2, 0.25) is 5.91 Å². The Balaban J connectivity index is 2.12. The zero-order chi connectivity index (χ0) is 31.2. The molecule has 2 N–H and O–H groups in total. The molecule has 0 spiro atoms. The van der Waals surface area contributed by atoms with Crippen LogP contribution in [-0.4, -0.2) is 40.0 Å². The molecule has 0 fully saturated rings. The number of nitrogens with one attached hydrogen (secondary N) is 2. The molecule has 2 atom stereocenters. The molecule has 0 aliphatic heterocycles. The Morgan fingerprint density at radius 2 is 1.52 bits per heavy atom. The van der Waals surface area contributed by atoms with Crippen LogP contribution in [0.1, 0.15) is 79.0 Å². The van der Waals surface area contributed by atoms with Gasteiger partial charge in [-0.05, 0) is 88.4 Å². The monoisotopic (exact) mass is 569 g/mol. The first kappa shape index (κ1) is 32.2. The normalized spacial score (nSPS) is 13.1. The molecule has 0 radical (unpaired) electrons. The van der Waals surface area contributed by atoms with Crippen LogP contribution in [0.2, 0.25) is 0 Å². The van der Waals surface area contributed by atoms with Gasteiger partial charge in [0.1, 0.15) is 17.7 Å². The first-order valence-electron chi connectivity index (χ1n) is 14.3. The summed E-state index contributed by atoms with van der Waals surface area (Å²) in [5, 5.41) is 7.82. The van der Waals surface area contributed by atoms with E-state index in [9.17, 15) is 14.4 Å². The van der Waals surface area contributed by atoms with Crippen molar-refractivity contribution in [3.05, 3.63) is 77.9 Å². The van der Waals surface area contributed by atoms with Gasteiger partial charge in [-0.1, -0.05) is 68.3 Å². The lowest BCUT2D eigenvalue weighted by molar-refractivity contribution is -0.147. The predicted molar refractivity (Wildman–Crippen MR) is 169 cm³/mol. The molecular weight excluding hydrogens is 526 g/mol. The Labute approximate surface area is 250 Å². The third kappa shape index (κ3) is 8.36. The Morgan fingerprint density at radius 1 is 0.905 bits per heavy atom. The molecule has 222 valence electrons. The molecule has 7 nitrogen and oxygen atoms in total. The first-order chi connectivity index (χ1) is 19.6. The number of hydrogen-bond acceptors (Lipinski definition) is 4. The summed E-state index contributed by atoms with van der Waals surface area (Å²) in [6.07, 6.45) is 5.53. The van der Waals surface area contributed by atoms with Crippen LogP contribution < -0.4 is 10.6 Å². The minimum absolute atomic E-state index is 0.0681. The molecule has 3 rings (SSSR count). The number of fused-ring (bicyclic) bond motifs is 1. The molecule has 0 aliphatic rings. The maximum absolute atomic E-state index is 14.5. The number of rotatable bonds is 8. The van der Waals surface area contributed by atoms with Gasteiger partial charge < -0.3 is 20.3 Å². The van der Waals surface area contributed by atoms with E-state index in [-0.39, 0.29) is 5.92 Å². The van der Waals surface area contributed by atoms with Gasteiger partial charge in [-0.2, -0.15) is 0 Å². The van der Waals surface area contributed by atoms with Crippen molar-refractivity contribution in [2.45, 2.75) is 85.0 Å². The molecule has 42 heavy (non-hydrogen) atoms. The van der Waals surface area contributed by atoms with Gasteiger partial charge in [-0.25, -0.2) is 4.79 Å². The van der Waals surface area contributed by atoms with Crippen LogP contribution in [0.15, 0.2) is 66.7 Å². The minimum Gasteiger partial charge on any atom is -0.444 e. The highest BCUT2D eigenvalue weighted by Crippen LogP contribution is 2.33. The predicted octanol–water partition coefficient (Wildman–Crippen LogP) is 7.07. The maximum atomic E-state index is 14.5. The smallest absolute Gasteiger partial charge is 0.408 e. The van der Waals surface area contributed by atoms with Crippen LogP contribution in [0.4, 0.5) is 10.5 Å². The van der Waals surface area contributed by atoms with Crippen molar-refractivity contribution in [3.63, 3.8) is 0 Å². The van der Waals surface area contributed by atoms with E-state index in [0.717, 1.165) is 10.8 Å². The second-order valence-corrected chi connectivity index (χ2v) is 12.9. The van der Waals surface area contributed by atoms with Gasteiger partial charge in [0, 0.05) is 16.8 Å². The van der Waals surface area contributed by atoms with E-state index < -0.39 is 41.1 Å². The molecule has 3 amide bonds. The fourth-order valence-corrected chi connectivity index (χ4v) is 4.90. The van der Waals surface area contributed by atoms with Gasteiger partial charge in [0.05, 0.1) is 0 Å². The molecule has 0 saturated carbocycles. The van der Waals surface area contributed by atoms with Crippen molar-refractivity contribution in [2.24, 2.45) is 5.92 Å². The standard InChI is InChI=1S/C35H43N3O4/c1-10-24-15-13-14-18-28(24)30(31(39)36-27-20-19-25-16-11-12-17-26(25)22-27)38(34(4,5)6)32(40)29(21-23(2)3)37-33(41)42-35(7,8)9/h1,11-20,22-23,29-30H,21H2,2-9H3,(H,36,39)(H,37,41). The lowest BCUT2D eigenvalue weighted by Crippen LogP contribution is -2.58. The fraction of sp³-hybridized carbons (Fsp3) is 0.400. The number of benzene rings is 3. The SMILES string of the molecule is C#Cc1ccccc1C(C(=O)Nc1ccc2ccccc2c1)N(C(=O)C(CC(C)C)NC(=O)OC(C)(C)C)C(C)(C)C. The third-order valence-electron chi connectivity index (χ3n) is 6.59. The largest absolute Gasteiger partial charge is 0.444 e. The fourth-order valence-electron chi connectivity index (χ4n) is 4.90. The Hall–Kier alpha value is -4.31. The summed E-state index contributed by atoms with van der Waals surface area (Å²) in [6.45, 7) is 14.8. The molecular formula is C35H43N3O4. The lowest BCUT2D eigenvalue weighted by atomic mass is 9.91. The van der Waals surface area contributed by atoms with Crippen LogP contribution in [0.3, 0.4) is 0 Å². The summed E-state index contributed by atoms with van der Waals surface area (Å²) < 4.78 is 5.48. The molecule has 0 saturated heterocycles. The number of carbonyl (C=O) groups is 3. The van der Waals surface area contributed by atoms with Gasteiger partial charge >= 0.3 is 6.09 Å². The highest BCUT2D eigenvalue weighted by molar-refractivity contribution is 6.01. The highest BCUT2D eigenvalue weighted by Gasteiger charge is 2.42. The maximum Gasteiger partial charge on any atom is 0.408 e. The minimum atomic E-state index is -1.09. The van der Waals surface area contributed by atoms with Crippen molar-refractivity contribution in [2.75, 3.05) is 5.32 Å². The second kappa shape index (κ2) is 13.1. The number of amides is 3. The zero-order valence-corrected chi connectivity index (χ0v) is 25.9. The highest BCUT2D eigenvalue weighted by atomic mass is 16.6. The van der Waals surface area contributed by atoms with E-state index in [2.05, 4.69) is 16.6 Å². The van der Waals surface area contributed by atoms with Crippen LogP contribution >= 0.6 is 0 Å². The Kier molecular flexibility index (Phi) is 10.1. The number of alkyl carbamates (subject to hydrolysis) is 1. The average molecular weight is 570 g/mol. The number of anilines is 1. The number of hydrogen-bond donors (Lipinski definition) is 2. The molecule has 2 unspecified atom stereocenters. The van der Waals surface area contributed by atoms with Crippen molar-refractivity contribution in [3.8, 4) is 12.3 Å². The van der Waals surface area contributed by atoms with E-state index in [1.54, 1.807) is 45.0 Å². The molecule has 0 heterocycles.